The van der Waals surface area contributed by atoms with Crippen LogP contribution in [0, 0.1) is 0 Å². The molecule has 0 saturated heterocycles. The van der Waals surface area contributed by atoms with E-state index in [-0.39, 0.29) is 30.2 Å². The second-order valence-corrected chi connectivity index (χ2v) is 4.18. The third-order valence-corrected chi connectivity index (χ3v) is 2.55. The highest BCUT2D eigenvalue weighted by atomic mass is 16.5. The van der Waals surface area contributed by atoms with Crippen LogP contribution >= 0.6 is 0 Å². The summed E-state index contributed by atoms with van der Waals surface area (Å²) in [6, 6.07) is 5.77. The standard InChI is InChI=1S/C13H17NO5/c1-14(7-11(15)8-19-2)12(16)9-4-3-5-10(6-9)13(17)18/h3-6,11,15H,7-8H2,1-2H3,(H,17,18)/t11-/m1/s1. The molecule has 6 nitrogen and oxygen atoms in total. The first kappa shape index (κ1) is 15.1. The molecule has 0 spiro atoms. The number of benzene rings is 1. The van der Waals surface area contributed by atoms with Gasteiger partial charge in [0.05, 0.1) is 18.3 Å². The molecule has 6 heteroatoms. The number of carbonyl (C=O) groups excluding carboxylic acids is 1. The molecule has 0 aliphatic rings. The van der Waals surface area contributed by atoms with Gasteiger partial charge in [0.15, 0.2) is 0 Å². The quantitative estimate of drug-likeness (QED) is 0.782. The van der Waals surface area contributed by atoms with Crippen LogP contribution in [0.5, 0.6) is 0 Å². The zero-order valence-electron chi connectivity index (χ0n) is 10.9. The van der Waals surface area contributed by atoms with E-state index in [1.807, 2.05) is 0 Å². The Bertz CT molecular complexity index is 460. The van der Waals surface area contributed by atoms with E-state index in [1.54, 1.807) is 0 Å². The van der Waals surface area contributed by atoms with Crippen LogP contribution in [0.3, 0.4) is 0 Å². The number of aliphatic hydroxyl groups is 1. The van der Waals surface area contributed by atoms with E-state index in [0.29, 0.717) is 0 Å². The Morgan fingerprint density at radius 2 is 2.00 bits per heavy atom. The first-order chi connectivity index (χ1) is 8.95. The molecule has 1 amide bonds. The van der Waals surface area contributed by atoms with E-state index < -0.39 is 12.1 Å². The topological polar surface area (TPSA) is 87.1 Å². The molecule has 0 heterocycles. The van der Waals surface area contributed by atoms with Gasteiger partial charge in [-0.2, -0.15) is 0 Å². The number of hydrogen-bond acceptors (Lipinski definition) is 4. The minimum Gasteiger partial charge on any atom is -0.478 e. The number of aromatic carboxylic acids is 1. The minimum atomic E-state index is -1.09. The first-order valence-corrected chi connectivity index (χ1v) is 5.71. The summed E-state index contributed by atoms with van der Waals surface area (Å²) in [6.45, 7) is 0.247. The molecule has 0 aliphatic carbocycles. The molecule has 0 bridgehead atoms. The van der Waals surface area contributed by atoms with E-state index in [2.05, 4.69) is 0 Å². The highest BCUT2D eigenvalue weighted by Crippen LogP contribution is 2.08. The number of likely N-dealkylation sites (N-methyl/N-ethyl adjacent to an activating group) is 1. The van der Waals surface area contributed by atoms with Gasteiger partial charge in [0.2, 0.25) is 0 Å². The van der Waals surface area contributed by atoms with Crippen molar-refractivity contribution < 1.29 is 24.5 Å². The normalized spacial score (nSPS) is 11.9. The summed E-state index contributed by atoms with van der Waals surface area (Å²) in [4.78, 5) is 24.2. The second kappa shape index (κ2) is 6.86. The Kier molecular flexibility index (Phi) is 5.47. The molecule has 2 N–H and O–H groups in total. The van der Waals surface area contributed by atoms with E-state index in [0.717, 1.165) is 0 Å². The molecule has 19 heavy (non-hydrogen) atoms. The number of methoxy groups -OCH3 is 1. The zero-order chi connectivity index (χ0) is 14.4. The Morgan fingerprint density at radius 3 is 2.58 bits per heavy atom. The number of amides is 1. The minimum absolute atomic E-state index is 0.0525. The number of aliphatic hydroxyl groups excluding tert-OH is 1. The predicted octanol–water partition coefficient (Wildman–Crippen LogP) is 0.464. The molecule has 0 radical (unpaired) electrons. The van der Waals surface area contributed by atoms with Crippen molar-refractivity contribution in [3.05, 3.63) is 35.4 Å². The lowest BCUT2D eigenvalue weighted by atomic mass is 10.1. The zero-order valence-corrected chi connectivity index (χ0v) is 10.9. The number of ether oxygens (including phenoxy) is 1. The van der Waals surface area contributed by atoms with Gasteiger partial charge in [-0.25, -0.2) is 4.79 Å². The van der Waals surface area contributed by atoms with Gasteiger partial charge in [-0.05, 0) is 18.2 Å². The van der Waals surface area contributed by atoms with Crippen molar-refractivity contribution in [1.29, 1.82) is 0 Å². The van der Waals surface area contributed by atoms with E-state index in [4.69, 9.17) is 9.84 Å². The summed E-state index contributed by atoms with van der Waals surface area (Å²) in [5, 5.41) is 18.4. The van der Waals surface area contributed by atoms with E-state index in [9.17, 15) is 14.7 Å². The largest absolute Gasteiger partial charge is 0.478 e. The molecular weight excluding hydrogens is 250 g/mol. The van der Waals surface area contributed by atoms with Crippen LogP contribution in [-0.2, 0) is 4.74 Å². The van der Waals surface area contributed by atoms with Gasteiger partial charge in [0, 0.05) is 26.3 Å². The van der Waals surface area contributed by atoms with Crippen LogP contribution < -0.4 is 0 Å². The predicted molar refractivity (Wildman–Crippen MR) is 68.2 cm³/mol. The lowest BCUT2D eigenvalue weighted by Crippen LogP contribution is -2.36. The number of rotatable bonds is 6. The monoisotopic (exact) mass is 267 g/mol. The van der Waals surface area contributed by atoms with Crippen molar-refractivity contribution in [2.75, 3.05) is 27.3 Å². The van der Waals surface area contributed by atoms with Gasteiger partial charge in [-0.15, -0.1) is 0 Å². The third-order valence-electron chi connectivity index (χ3n) is 2.55. The molecule has 0 aromatic heterocycles. The fourth-order valence-electron chi connectivity index (χ4n) is 1.65. The maximum atomic E-state index is 12.0. The molecule has 1 rings (SSSR count). The average Bonchev–Trinajstić information content (AvgIpc) is 2.38. The summed E-state index contributed by atoms with van der Waals surface area (Å²) in [7, 11) is 3.00. The van der Waals surface area contributed by atoms with Crippen LogP contribution in [-0.4, -0.2) is 60.4 Å². The van der Waals surface area contributed by atoms with Crippen LogP contribution in [0.4, 0.5) is 0 Å². The summed E-state index contributed by atoms with van der Waals surface area (Å²) < 4.78 is 4.77. The molecule has 1 aromatic rings. The lowest BCUT2D eigenvalue weighted by molar-refractivity contribution is 0.0380. The number of hydrogen-bond donors (Lipinski definition) is 2. The fraction of sp³-hybridized carbons (Fsp3) is 0.385. The maximum Gasteiger partial charge on any atom is 0.335 e. The van der Waals surface area contributed by atoms with Crippen molar-refractivity contribution in [3.8, 4) is 0 Å². The maximum absolute atomic E-state index is 12.0. The molecule has 0 fully saturated rings. The summed E-state index contributed by atoms with van der Waals surface area (Å²) >= 11 is 0. The van der Waals surface area contributed by atoms with Crippen molar-refractivity contribution in [2.45, 2.75) is 6.10 Å². The molecule has 0 unspecified atom stereocenters. The summed E-state index contributed by atoms with van der Waals surface area (Å²) in [5.41, 5.74) is 0.323. The summed E-state index contributed by atoms with van der Waals surface area (Å²) in [5.74, 6) is -1.44. The SMILES string of the molecule is COC[C@H](O)CN(C)C(=O)c1cccc(C(=O)O)c1. The lowest BCUT2D eigenvalue weighted by Gasteiger charge is -2.20. The highest BCUT2D eigenvalue weighted by Gasteiger charge is 2.16. The van der Waals surface area contributed by atoms with Crippen LogP contribution in [0.1, 0.15) is 20.7 Å². The van der Waals surface area contributed by atoms with Crippen LogP contribution in [0.15, 0.2) is 24.3 Å². The van der Waals surface area contributed by atoms with Gasteiger partial charge in [-0.1, -0.05) is 6.07 Å². The molecular formula is C13H17NO5. The molecule has 1 atom stereocenters. The number of nitrogens with zero attached hydrogens (tertiary/aromatic N) is 1. The average molecular weight is 267 g/mol. The fourth-order valence-corrected chi connectivity index (χ4v) is 1.65. The number of carbonyl (C=O) groups is 2. The molecule has 1 aromatic carbocycles. The molecule has 104 valence electrons. The van der Waals surface area contributed by atoms with Crippen molar-refractivity contribution >= 4 is 11.9 Å². The highest BCUT2D eigenvalue weighted by molar-refractivity contribution is 5.97. The molecule has 0 aliphatic heterocycles. The van der Waals surface area contributed by atoms with Gasteiger partial charge < -0.3 is 19.8 Å². The van der Waals surface area contributed by atoms with Crippen molar-refractivity contribution in [1.82, 2.24) is 4.90 Å². The van der Waals surface area contributed by atoms with Gasteiger partial charge >= 0.3 is 5.97 Å². The Hall–Kier alpha value is -1.92. The first-order valence-electron chi connectivity index (χ1n) is 5.71. The smallest absolute Gasteiger partial charge is 0.335 e. The van der Waals surface area contributed by atoms with Crippen molar-refractivity contribution in [2.24, 2.45) is 0 Å². The van der Waals surface area contributed by atoms with Gasteiger partial charge in [0.1, 0.15) is 0 Å². The van der Waals surface area contributed by atoms with Crippen LogP contribution in [0.2, 0.25) is 0 Å². The van der Waals surface area contributed by atoms with E-state index in [1.165, 1.54) is 43.3 Å². The van der Waals surface area contributed by atoms with Gasteiger partial charge in [0.25, 0.3) is 5.91 Å². The number of carboxylic acid groups (broad SMARTS) is 1. The summed E-state index contributed by atoms with van der Waals surface area (Å²) in [6.07, 6.45) is -0.776. The Labute approximate surface area is 111 Å². The molecule has 0 saturated carbocycles. The van der Waals surface area contributed by atoms with Crippen LogP contribution in [0.25, 0.3) is 0 Å². The second-order valence-electron chi connectivity index (χ2n) is 4.18. The Balaban J connectivity index is 2.76. The third kappa shape index (κ3) is 4.35. The van der Waals surface area contributed by atoms with Crippen molar-refractivity contribution in [3.63, 3.8) is 0 Å². The van der Waals surface area contributed by atoms with Gasteiger partial charge in [-0.3, -0.25) is 4.79 Å². The Morgan fingerprint density at radius 1 is 1.37 bits per heavy atom. The van der Waals surface area contributed by atoms with E-state index >= 15 is 0 Å². The number of carboxylic acids is 1.